The van der Waals surface area contributed by atoms with Gasteiger partial charge >= 0.3 is 18.4 Å². The number of alkyl carbamates (subject to hydrolysis) is 1. The number of hydrogen-bond acceptors (Lipinski definition) is 2. The summed E-state index contributed by atoms with van der Waals surface area (Å²) in [7, 11) is 0. The molecule has 17 heavy (non-hydrogen) atoms. The predicted octanol–water partition coefficient (Wildman–Crippen LogP) is 3.30. The number of halogens is 5. The van der Waals surface area contributed by atoms with Crippen LogP contribution in [0.15, 0.2) is 0 Å². The number of ether oxygens (including phenoxy) is 1. The summed E-state index contributed by atoms with van der Waals surface area (Å²) >= 11 is 0. The minimum absolute atomic E-state index is 0.494. The number of hydrogen-bond donors (Lipinski definition) is 1. The summed E-state index contributed by atoms with van der Waals surface area (Å²) < 4.78 is 62.8. The summed E-state index contributed by atoms with van der Waals surface area (Å²) in [5.41, 5.74) is -0.494. The van der Waals surface area contributed by atoms with Crippen LogP contribution in [0.25, 0.3) is 0 Å². The maximum absolute atomic E-state index is 12.3. The van der Waals surface area contributed by atoms with Crippen LogP contribution in [-0.4, -0.2) is 24.4 Å². The first kappa shape index (κ1) is 15.9. The molecule has 102 valence electrons. The van der Waals surface area contributed by atoms with E-state index in [2.05, 4.69) is 4.74 Å². The van der Waals surface area contributed by atoms with Crippen LogP contribution in [0.5, 0.6) is 0 Å². The molecule has 1 atom stereocenters. The van der Waals surface area contributed by atoms with Gasteiger partial charge in [0.1, 0.15) is 0 Å². The molecule has 0 saturated heterocycles. The third-order valence-corrected chi connectivity index (χ3v) is 2.18. The maximum atomic E-state index is 12.3. The first-order chi connectivity index (χ1) is 7.27. The van der Waals surface area contributed by atoms with Gasteiger partial charge in [-0.2, -0.15) is 22.0 Å². The maximum Gasteiger partial charge on any atom is 0.502 e. The Bertz CT molecular complexity index is 282. The van der Waals surface area contributed by atoms with Gasteiger partial charge in [-0.15, -0.1) is 0 Å². The average molecular weight is 263 g/mol. The molecule has 0 aromatic carbocycles. The van der Waals surface area contributed by atoms with Crippen LogP contribution in [0.3, 0.4) is 0 Å². The van der Waals surface area contributed by atoms with Crippen molar-refractivity contribution in [3.8, 4) is 0 Å². The molecule has 0 saturated carbocycles. The molecule has 1 N–H and O–H groups in total. The molecule has 0 aromatic rings. The molecule has 3 nitrogen and oxygen atoms in total. The van der Waals surface area contributed by atoms with Gasteiger partial charge in [-0.1, -0.05) is 20.8 Å². The Morgan fingerprint density at radius 1 is 1.12 bits per heavy atom. The summed E-state index contributed by atoms with van der Waals surface area (Å²) in [6.45, 7) is 6.51. The monoisotopic (exact) mass is 263 g/mol. The van der Waals surface area contributed by atoms with Gasteiger partial charge in [0.2, 0.25) is 0 Å². The molecule has 0 radical (unpaired) electrons. The molecular formula is C9H14F5NO2. The molecule has 1 amide bonds. The number of nitrogens with one attached hydrogen (secondary N) is 1. The van der Waals surface area contributed by atoms with Crippen molar-refractivity contribution in [1.82, 2.24) is 5.32 Å². The van der Waals surface area contributed by atoms with Crippen molar-refractivity contribution in [2.24, 2.45) is 5.41 Å². The Morgan fingerprint density at radius 2 is 1.53 bits per heavy atom. The van der Waals surface area contributed by atoms with Gasteiger partial charge in [-0.25, -0.2) is 4.79 Å². The SMILES string of the molecule is CC(NC(=O)OC(F)(F)C(F)(F)F)C(C)(C)C. The Kier molecular flexibility index (Phi) is 4.36. The highest BCUT2D eigenvalue weighted by Crippen LogP contribution is 2.36. The largest absolute Gasteiger partial charge is 0.502 e. The normalized spacial score (nSPS) is 15.4. The molecule has 0 aliphatic rings. The zero-order valence-electron chi connectivity index (χ0n) is 9.78. The molecule has 0 rings (SSSR count). The van der Waals surface area contributed by atoms with Crippen LogP contribution in [0, 0.1) is 5.41 Å². The number of carbonyl (C=O) groups excluding carboxylic acids is 1. The van der Waals surface area contributed by atoms with E-state index < -0.39 is 29.8 Å². The van der Waals surface area contributed by atoms with E-state index in [9.17, 15) is 26.7 Å². The van der Waals surface area contributed by atoms with Crippen molar-refractivity contribution in [2.75, 3.05) is 0 Å². The Balaban J connectivity index is 4.49. The minimum Gasteiger partial charge on any atom is -0.377 e. The summed E-state index contributed by atoms with van der Waals surface area (Å²) in [5, 5.41) is 1.91. The lowest BCUT2D eigenvalue weighted by Crippen LogP contribution is -2.47. The van der Waals surface area contributed by atoms with Crippen molar-refractivity contribution in [3.63, 3.8) is 0 Å². The first-order valence-electron chi connectivity index (χ1n) is 4.71. The van der Waals surface area contributed by atoms with E-state index in [4.69, 9.17) is 0 Å². The summed E-state index contributed by atoms with van der Waals surface area (Å²) in [4.78, 5) is 10.8. The quantitative estimate of drug-likeness (QED) is 0.776. The van der Waals surface area contributed by atoms with E-state index >= 15 is 0 Å². The van der Waals surface area contributed by atoms with E-state index in [1.165, 1.54) is 6.92 Å². The van der Waals surface area contributed by atoms with Gasteiger partial charge in [0.15, 0.2) is 0 Å². The van der Waals surface area contributed by atoms with Crippen molar-refractivity contribution in [3.05, 3.63) is 0 Å². The second kappa shape index (κ2) is 4.66. The van der Waals surface area contributed by atoms with Crippen LogP contribution in [0.1, 0.15) is 27.7 Å². The molecule has 0 spiro atoms. The van der Waals surface area contributed by atoms with E-state index in [1.807, 2.05) is 5.32 Å². The van der Waals surface area contributed by atoms with Crippen molar-refractivity contribution in [1.29, 1.82) is 0 Å². The zero-order valence-corrected chi connectivity index (χ0v) is 9.78. The van der Waals surface area contributed by atoms with Gasteiger partial charge in [-0.3, -0.25) is 0 Å². The molecule has 0 aromatic heterocycles. The summed E-state index contributed by atoms with van der Waals surface area (Å²) in [5.74, 6) is 0. The molecule has 1 unspecified atom stereocenters. The first-order valence-corrected chi connectivity index (χ1v) is 4.71. The van der Waals surface area contributed by atoms with E-state index in [0.29, 0.717) is 0 Å². The fourth-order valence-electron chi connectivity index (χ4n) is 0.597. The fourth-order valence-corrected chi connectivity index (χ4v) is 0.597. The van der Waals surface area contributed by atoms with E-state index in [1.54, 1.807) is 20.8 Å². The average Bonchev–Trinajstić information content (AvgIpc) is 1.97. The van der Waals surface area contributed by atoms with Crippen molar-refractivity contribution in [2.45, 2.75) is 46.0 Å². The van der Waals surface area contributed by atoms with Gasteiger partial charge in [-0.05, 0) is 12.3 Å². The van der Waals surface area contributed by atoms with Crippen LogP contribution >= 0.6 is 0 Å². The fraction of sp³-hybridized carbons (Fsp3) is 0.889. The molecule has 0 fully saturated rings. The lowest BCUT2D eigenvalue weighted by Gasteiger charge is -2.28. The van der Waals surface area contributed by atoms with Crippen LogP contribution < -0.4 is 5.32 Å². The van der Waals surface area contributed by atoms with Gasteiger partial charge < -0.3 is 10.1 Å². The van der Waals surface area contributed by atoms with E-state index in [0.717, 1.165) is 0 Å². The zero-order chi connectivity index (χ0) is 14.1. The van der Waals surface area contributed by atoms with Gasteiger partial charge in [0, 0.05) is 6.04 Å². The number of alkyl halides is 5. The summed E-state index contributed by atoms with van der Waals surface area (Å²) in [6.07, 6.45) is -13.2. The van der Waals surface area contributed by atoms with Gasteiger partial charge in [0.05, 0.1) is 0 Å². The molecule has 0 heterocycles. The number of carbonyl (C=O) groups is 1. The van der Waals surface area contributed by atoms with Crippen LogP contribution in [0.4, 0.5) is 26.7 Å². The Labute approximate surface area is 95.3 Å². The van der Waals surface area contributed by atoms with Crippen molar-refractivity contribution >= 4 is 6.09 Å². The van der Waals surface area contributed by atoms with Crippen molar-refractivity contribution < 1.29 is 31.5 Å². The predicted molar refractivity (Wildman–Crippen MR) is 49.5 cm³/mol. The molecule has 8 heteroatoms. The minimum atomic E-state index is -5.92. The third kappa shape index (κ3) is 4.74. The molecule has 0 aliphatic heterocycles. The molecule has 0 bridgehead atoms. The highest BCUT2D eigenvalue weighted by molar-refractivity contribution is 5.68. The van der Waals surface area contributed by atoms with Crippen LogP contribution in [0.2, 0.25) is 0 Å². The lowest BCUT2D eigenvalue weighted by molar-refractivity contribution is -0.370. The number of rotatable bonds is 2. The standard InChI is InChI=1S/C9H14F5NO2/c1-5(7(2,3)4)15-6(16)17-9(13,14)8(10,11)12/h5H,1-4H3,(H,15,16). The Hall–Kier alpha value is -1.08. The number of amides is 1. The van der Waals surface area contributed by atoms with Gasteiger partial charge in [0.25, 0.3) is 0 Å². The Morgan fingerprint density at radius 3 is 1.82 bits per heavy atom. The smallest absolute Gasteiger partial charge is 0.377 e. The second-order valence-electron chi connectivity index (χ2n) is 4.64. The highest BCUT2D eigenvalue weighted by atomic mass is 19.4. The summed E-state index contributed by atoms with van der Waals surface area (Å²) in [6, 6.07) is -0.626. The van der Waals surface area contributed by atoms with E-state index in [-0.39, 0.29) is 0 Å². The third-order valence-electron chi connectivity index (χ3n) is 2.18. The molecule has 0 aliphatic carbocycles. The highest BCUT2D eigenvalue weighted by Gasteiger charge is 2.62. The lowest BCUT2D eigenvalue weighted by atomic mass is 9.88. The van der Waals surface area contributed by atoms with Crippen LogP contribution in [-0.2, 0) is 4.74 Å². The second-order valence-corrected chi connectivity index (χ2v) is 4.64. The topological polar surface area (TPSA) is 38.3 Å². The molecular weight excluding hydrogens is 249 g/mol.